The van der Waals surface area contributed by atoms with Gasteiger partial charge in [0.05, 0.1) is 16.2 Å². The van der Waals surface area contributed by atoms with Crippen molar-refractivity contribution in [2.45, 2.75) is 17.3 Å². The van der Waals surface area contributed by atoms with Crippen molar-refractivity contribution < 1.29 is 4.79 Å². The summed E-state index contributed by atoms with van der Waals surface area (Å²) in [5, 5.41) is 0.809. The quantitative estimate of drug-likeness (QED) is 0.420. The lowest BCUT2D eigenvalue weighted by molar-refractivity contribution is 0.0994. The van der Waals surface area contributed by atoms with Gasteiger partial charge in [0, 0.05) is 12.6 Å². The van der Waals surface area contributed by atoms with Crippen LogP contribution in [0.3, 0.4) is 0 Å². The van der Waals surface area contributed by atoms with Gasteiger partial charge in [0.2, 0.25) is 0 Å². The van der Waals surface area contributed by atoms with Gasteiger partial charge in [-0.15, -0.1) is 0 Å². The van der Waals surface area contributed by atoms with Crippen molar-refractivity contribution in [2.24, 2.45) is 7.05 Å². The molecule has 0 saturated carbocycles. The number of benzene rings is 2. The van der Waals surface area contributed by atoms with Crippen LogP contribution in [0.15, 0.2) is 64.5 Å². The summed E-state index contributed by atoms with van der Waals surface area (Å²) in [5.74, 6) is 0.0259. The molecule has 0 aliphatic carbocycles. The molecule has 0 fully saturated rings. The molecule has 0 radical (unpaired) electrons. The van der Waals surface area contributed by atoms with Gasteiger partial charge in [0.15, 0.2) is 10.9 Å². The normalized spacial score (nSPS) is 12.3. The van der Waals surface area contributed by atoms with E-state index in [1.165, 1.54) is 16.3 Å². The smallest absolute Gasteiger partial charge is 0.261 e. The second-order valence-corrected chi connectivity index (χ2v) is 6.57. The van der Waals surface area contributed by atoms with Crippen LogP contribution in [-0.4, -0.2) is 20.6 Å². The first-order chi connectivity index (χ1) is 11.1. The predicted molar refractivity (Wildman–Crippen MR) is 93.1 cm³/mol. The molecule has 0 aliphatic heterocycles. The van der Waals surface area contributed by atoms with E-state index in [9.17, 15) is 9.59 Å². The topological polar surface area (TPSA) is 52.0 Å². The van der Waals surface area contributed by atoms with Crippen molar-refractivity contribution >= 4 is 28.4 Å². The first kappa shape index (κ1) is 15.5. The van der Waals surface area contributed by atoms with Crippen molar-refractivity contribution in [3.05, 3.63) is 70.5 Å². The number of fused-ring (bicyclic) bond motifs is 1. The number of thioether (sulfide) groups is 1. The summed E-state index contributed by atoms with van der Waals surface area (Å²) < 4.78 is 1.50. The molecule has 0 bridgehead atoms. The van der Waals surface area contributed by atoms with Gasteiger partial charge in [-0.3, -0.25) is 14.2 Å². The average molecular weight is 324 g/mol. The minimum absolute atomic E-state index is 0.0259. The summed E-state index contributed by atoms with van der Waals surface area (Å²) in [7, 11) is 1.68. The van der Waals surface area contributed by atoms with Crippen LogP contribution in [0.25, 0.3) is 10.9 Å². The van der Waals surface area contributed by atoms with Gasteiger partial charge in [-0.05, 0) is 19.1 Å². The van der Waals surface area contributed by atoms with Crippen LogP contribution in [0, 0.1) is 0 Å². The van der Waals surface area contributed by atoms with Gasteiger partial charge in [-0.2, -0.15) is 0 Å². The Kier molecular flexibility index (Phi) is 4.30. The SMILES string of the molecule is C[C@@H](Sc1nc2ccccc2c(=O)n1C)C(=O)c1ccccc1. The van der Waals surface area contributed by atoms with Gasteiger partial charge in [-0.25, -0.2) is 4.98 Å². The highest BCUT2D eigenvalue weighted by molar-refractivity contribution is 8.00. The van der Waals surface area contributed by atoms with Gasteiger partial charge in [0.1, 0.15) is 0 Å². The minimum atomic E-state index is -0.323. The van der Waals surface area contributed by atoms with E-state index in [1.807, 2.05) is 43.3 Å². The second kappa shape index (κ2) is 6.38. The van der Waals surface area contributed by atoms with Crippen molar-refractivity contribution in [1.29, 1.82) is 0 Å². The molecule has 4 nitrogen and oxygen atoms in total. The van der Waals surface area contributed by atoms with E-state index in [0.717, 1.165) is 0 Å². The minimum Gasteiger partial charge on any atom is -0.293 e. The number of carbonyl (C=O) groups is 1. The van der Waals surface area contributed by atoms with E-state index in [4.69, 9.17) is 0 Å². The number of rotatable bonds is 4. The van der Waals surface area contributed by atoms with E-state index < -0.39 is 0 Å². The Morgan fingerprint density at radius 2 is 1.74 bits per heavy atom. The number of Topliss-reactive ketones (excluding diaryl/α,β-unsaturated/α-hetero) is 1. The molecular weight excluding hydrogens is 308 g/mol. The Balaban J connectivity index is 1.94. The average Bonchev–Trinajstić information content (AvgIpc) is 2.59. The molecule has 0 saturated heterocycles. The third kappa shape index (κ3) is 3.05. The van der Waals surface area contributed by atoms with Crippen molar-refractivity contribution in [1.82, 2.24) is 9.55 Å². The van der Waals surface area contributed by atoms with E-state index in [-0.39, 0.29) is 16.6 Å². The molecular formula is C18H16N2O2S. The predicted octanol–water partition coefficient (Wildman–Crippen LogP) is 3.30. The van der Waals surface area contributed by atoms with E-state index in [2.05, 4.69) is 4.98 Å². The summed E-state index contributed by atoms with van der Waals surface area (Å²) in [4.78, 5) is 29.4. The van der Waals surface area contributed by atoms with Crippen molar-refractivity contribution in [3.8, 4) is 0 Å². The summed E-state index contributed by atoms with van der Waals surface area (Å²) in [6.07, 6.45) is 0. The molecule has 3 aromatic rings. The van der Waals surface area contributed by atoms with Crippen LogP contribution in [-0.2, 0) is 7.05 Å². The first-order valence-corrected chi connectivity index (χ1v) is 8.17. The Hall–Kier alpha value is -2.40. The third-order valence-electron chi connectivity index (χ3n) is 3.65. The fourth-order valence-electron chi connectivity index (χ4n) is 2.35. The summed E-state index contributed by atoms with van der Waals surface area (Å²) >= 11 is 1.30. The van der Waals surface area contributed by atoms with Gasteiger partial charge in [0.25, 0.3) is 5.56 Å². The Labute approximate surface area is 138 Å². The van der Waals surface area contributed by atoms with Crippen molar-refractivity contribution in [3.63, 3.8) is 0 Å². The molecule has 0 aliphatic rings. The third-order valence-corrected chi connectivity index (χ3v) is 4.80. The lowest BCUT2D eigenvalue weighted by Crippen LogP contribution is -2.22. The molecule has 5 heteroatoms. The molecule has 0 amide bonds. The molecule has 1 atom stereocenters. The zero-order valence-corrected chi connectivity index (χ0v) is 13.7. The molecule has 23 heavy (non-hydrogen) atoms. The summed E-state index contributed by atoms with van der Waals surface area (Å²) in [6, 6.07) is 16.4. The molecule has 0 spiro atoms. The first-order valence-electron chi connectivity index (χ1n) is 7.29. The number of nitrogens with zero attached hydrogens (tertiary/aromatic N) is 2. The van der Waals surface area contributed by atoms with Gasteiger partial charge in [-0.1, -0.05) is 54.2 Å². The van der Waals surface area contributed by atoms with E-state index >= 15 is 0 Å². The zero-order valence-electron chi connectivity index (χ0n) is 12.9. The van der Waals surface area contributed by atoms with Crippen molar-refractivity contribution in [2.75, 3.05) is 0 Å². The highest BCUT2D eigenvalue weighted by atomic mass is 32.2. The van der Waals surface area contributed by atoms with E-state index in [1.54, 1.807) is 25.2 Å². The standard InChI is InChI=1S/C18H16N2O2S/c1-12(16(21)13-8-4-3-5-9-13)23-18-19-15-11-7-6-10-14(15)17(22)20(18)2/h3-12H,1-2H3/t12-/m1/s1. The number of hydrogen-bond acceptors (Lipinski definition) is 4. The largest absolute Gasteiger partial charge is 0.293 e. The summed E-state index contributed by atoms with van der Waals surface area (Å²) in [5.41, 5.74) is 1.22. The Morgan fingerprint density at radius 1 is 1.09 bits per heavy atom. The fraction of sp³-hybridized carbons (Fsp3) is 0.167. The molecule has 0 N–H and O–H groups in total. The van der Waals surface area contributed by atoms with Crippen LogP contribution in [0.1, 0.15) is 17.3 Å². The van der Waals surface area contributed by atoms with Crippen LogP contribution >= 0.6 is 11.8 Å². The highest BCUT2D eigenvalue weighted by Gasteiger charge is 2.19. The maximum Gasteiger partial charge on any atom is 0.261 e. The number of carbonyl (C=O) groups excluding carboxylic acids is 1. The molecule has 3 rings (SSSR count). The molecule has 116 valence electrons. The molecule has 2 aromatic carbocycles. The number of para-hydroxylation sites is 1. The highest BCUT2D eigenvalue weighted by Crippen LogP contribution is 2.24. The number of ketones is 1. The fourth-order valence-corrected chi connectivity index (χ4v) is 3.30. The lowest BCUT2D eigenvalue weighted by atomic mass is 10.1. The van der Waals surface area contributed by atoms with Crippen LogP contribution in [0.2, 0.25) is 0 Å². The van der Waals surface area contributed by atoms with Gasteiger partial charge < -0.3 is 0 Å². The summed E-state index contributed by atoms with van der Waals surface area (Å²) in [6.45, 7) is 1.83. The Morgan fingerprint density at radius 3 is 2.48 bits per heavy atom. The van der Waals surface area contributed by atoms with Crippen LogP contribution in [0.4, 0.5) is 0 Å². The maximum absolute atomic E-state index is 12.5. The number of aromatic nitrogens is 2. The Bertz CT molecular complexity index is 919. The van der Waals surface area contributed by atoms with E-state index in [0.29, 0.717) is 21.6 Å². The molecule has 0 unspecified atom stereocenters. The van der Waals surface area contributed by atoms with Gasteiger partial charge >= 0.3 is 0 Å². The van der Waals surface area contributed by atoms with Crippen LogP contribution in [0.5, 0.6) is 0 Å². The zero-order chi connectivity index (χ0) is 16.4. The maximum atomic E-state index is 12.5. The second-order valence-electron chi connectivity index (χ2n) is 5.27. The number of hydrogen-bond donors (Lipinski definition) is 0. The lowest BCUT2D eigenvalue weighted by Gasteiger charge is -2.13. The molecule has 1 aromatic heterocycles. The molecule has 1 heterocycles. The monoisotopic (exact) mass is 324 g/mol. The van der Waals surface area contributed by atoms with Crippen LogP contribution < -0.4 is 5.56 Å².